The van der Waals surface area contributed by atoms with Crippen LogP contribution in [-0.2, 0) is 11.3 Å². The van der Waals surface area contributed by atoms with Gasteiger partial charge in [-0.2, -0.15) is 0 Å². The Bertz CT molecular complexity index is 765. The van der Waals surface area contributed by atoms with Gasteiger partial charge >= 0.3 is 0 Å². The lowest BCUT2D eigenvalue weighted by Crippen LogP contribution is -2.02. The lowest BCUT2D eigenvalue weighted by Gasteiger charge is -2.10. The van der Waals surface area contributed by atoms with Crippen molar-refractivity contribution >= 4 is 52.6 Å². The van der Waals surface area contributed by atoms with Crippen molar-refractivity contribution < 1.29 is 14.7 Å². The topological polar surface area (TPSA) is 51.0 Å². The molecular weight excluding hydrogens is 420 g/mol. The van der Waals surface area contributed by atoms with Crippen molar-refractivity contribution in [2.45, 2.75) is 6.42 Å². The van der Waals surface area contributed by atoms with Gasteiger partial charge in [-0.25, -0.2) is 0 Å². The molecule has 0 unspecified atom stereocenters. The SMILES string of the molecule is Oc1cc(Cl)c(OCCc2ccc(C=NOCC=C(Cl)Cl)cc2)c(Cl)c1. The van der Waals surface area contributed by atoms with Crippen LogP contribution >= 0.6 is 46.4 Å². The maximum absolute atomic E-state index is 9.40. The summed E-state index contributed by atoms with van der Waals surface area (Å²) in [7, 11) is 0. The summed E-state index contributed by atoms with van der Waals surface area (Å²) in [5.41, 5.74) is 1.96. The first-order chi connectivity index (χ1) is 12.5. The van der Waals surface area contributed by atoms with Gasteiger partial charge in [0, 0.05) is 18.6 Å². The number of nitrogens with zero attached hydrogens (tertiary/aromatic N) is 1. The zero-order valence-corrected chi connectivity index (χ0v) is 16.5. The molecule has 0 saturated heterocycles. The number of rotatable bonds is 8. The van der Waals surface area contributed by atoms with Gasteiger partial charge < -0.3 is 14.7 Å². The molecule has 2 aromatic rings. The van der Waals surface area contributed by atoms with E-state index in [9.17, 15) is 5.11 Å². The molecule has 0 aliphatic rings. The highest BCUT2D eigenvalue weighted by molar-refractivity contribution is 6.55. The fourth-order valence-corrected chi connectivity index (χ4v) is 2.68. The summed E-state index contributed by atoms with van der Waals surface area (Å²) in [6.45, 7) is 0.600. The third-order valence-electron chi connectivity index (χ3n) is 3.19. The van der Waals surface area contributed by atoms with Crippen molar-refractivity contribution in [3.8, 4) is 11.5 Å². The lowest BCUT2D eigenvalue weighted by atomic mass is 10.1. The van der Waals surface area contributed by atoms with E-state index in [1.54, 1.807) is 6.21 Å². The molecule has 0 spiro atoms. The molecule has 0 aliphatic carbocycles. The number of ether oxygens (including phenoxy) is 1. The number of benzene rings is 2. The Balaban J connectivity index is 1.82. The largest absolute Gasteiger partial charge is 0.508 e. The number of aromatic hydroxyl groups is 1. The Morgan fingerprint density at radius 2 is 1.73 bits per heavy atom. The van der Waals surface area contributed by atoms with Crippen molar-refractivity contribution in [1.29, 1.82) is 0 Å². The van der Waals surface area contributed by atoms with Crippen LogP contribution in [0.1, 0.15) is 11.1 Å². The quantitative estimate of drug-likeness (QED) is 0.315. The molecule has 2 rings (SSSR count). The van der Waals surface area contributed by atoms with Crippen LogP contribution in [0.15, 0.2) is 52.1 Å². The third-order valence-corrected chi connectivity index (χ3v) is 4.06. The van der Waals surface area contributed by atoms with Gasteiger partial charge in [-0.1, -0.05) is 75.8 Å². The molecule has 0 heterocycles. The summed E-state index contributed by atoms with van der Waals surface area (Å²) >= 11 is 22.9. The molecule has 0 radical (unpaired) electrons. The van der Waals surface area contributed by atoms with E-state index in [2.05, 4.69) is 5.16 Å². The zero-order chi connectivity index (χ0) is 18.9. The highest BCUT2D eigenvalue weighted by atomic mass is 35.5. The minimum atomic E-state index is -0.00430. The van der Waals surface area contributed by atoms with Crippen LogP contribution in [0.25, 0.3) is 0 Å². The van der Waals surface area contributed by atoms with Gasteiger partial charge in [-0.3, -0.25) is 0 Å². The summed E-state index contributed by atoms with van der Waals surface area (Å²) in [4.78, 5) is 4.98. The molecule has 138 valence electrons. The molecule has 4 nitrogen and oxygen atoms in total. The van der Waals surface area contributed by atoms with Crippen LogP contribution in [0.3, 0.4) is 0 Å². The van der Waals surface area contributed by atoms with E-state index in [-0.39, 0.29) is 26.9 Å². The Morgan fingerprint density at radius 3 is 2.35 bits per heavy atom. The smallest absolute Gasteiger partial charge is 0.156 e. The number of hydrogen-bond donors (Lipinski definition) is 1. The monoisotopic (exact) mass is 433 g/mol. The van der Waals surface area contributed by atoms with E-state index in [0.717, 1.165) is 11.1 Å². The number of phenolic OH excluding ortho intramolecular Hbond substituents is 1. The molecule has 26 heavy (non-hydrogen) atoms. The molecule has 0 atom stereocenters. The van der Waals surface area contributed by atoms with Crippen LogP contribution in [-0.4, -0.2) is 24.5 Å². The Hall–Kier alpha value is -1.59. The zero-order valence-electron chi connectivity index (χ0n) is 13.5. The van der Waals surface area contributed by atoms with Crippen LogP contribution in [0.5, 0.6) is 11.5 Å². The summed E-state index contributed by atoms with van der Waals surface area (Å²) in [5, 5.41) is 13.8. The normalized spacial score (nSPS) is 10.8. The molecule has 0 saturated carbocycles. The molecule has 0 aliphatic heterocycles. The first-order valence-corrected chi connectivity index (χ1v) is 9.03. The van der Waals surface area contributed by atoms with Crippen molar-refractivity contribution in [3.63, 3.8) is 0 Å². The van der Waals surface area contributed by atoms with Crippen LogP contribution in [0.2, 0.25) is 10.0 Å². The average molecular weight is 435 g/mol. The molecule has 0 fully saturated rings. The van der Waals surface area contributed by atoms with Crippen molar-refractivity contribution in [3.05, 3.63) is 68.1 Å². The Kier molecular flexibility index (Phi) is 8.39. The summed E-state index contributed by atoms with van der Waals surface area (Å²) in [6.07, 6.45) is 3.75. The minimum Gasteiger partial charge on any atom is -0.508 e. The van der Waals surface area contributed by atoms with Crippen molar-refractivity contribution in [1.82, 2.24) is 0 Å². The molecule has 0 bridgehead atoms. The molecule has 0 aromatic heterocycles. The van der Waals surface area contributed by atoms with E-state index in [0.29, 0.717) is 18.8 Å². The first-order valence-electron chi connectivity index (χ1n) is 7.52. The van der Waals surface area contributed by atoms with Crippen LogP contribution in [0, 0.1) is 0 Å². The Labute approximate surface area is 171 Å². The number of phenols is 1. The van der Waals surface area contributed by atoms with Gasteiger partial charge in [0.1, 0.15) is 16.8 Å². The number of oxime groups is 1. The van der Waals surface area contributed by atoms with Gasteiger partial charge in [-0.05, 0) is 17.2 Å². The van der Waals surface area contributed by atoms with Crippen molar-refractivity contribution in [2.75, 3.05) is 13.2 Å². The standard InChI is InChI=1S/C18H15Cl4NO3/c19-15-9-14(24)10-16(20)18(15)25-7-5-12-1-3-13(4-2-12)11-23-26-8-6-17(21)22/h1-4,6,9-11,24H,5,7-8H2. The van der Waals surface area contributed by atoms with E-state index in [1.807, 2.05) is 24.3 Å². The van der Waals surface area contributed by atoms with Crippen LogP contribution in [0.4, 0.5) is 0 Å². The fraction of sp³-hybridized carbons (Fsp3) is 0.167. The van der Waals surface area contributed by atoms with Crippen LogP contribution < -0.4 is 4.74 Å². The fourth-order valence-electron chi connectivity index (χ4n) is 1.97. The van der Waals surface area contributed by atoms with Gasteiger partial charge in [0.25, 0.3) is 0 Å². The number of hydrogen-bond acceptors (Lipinski definition) is 4. The van der Waals surface area contributed by atoms with Gasteiger partial charge in [0.05, 0.1) is 22.9 Å². The third kappa shape index (κ3) is 6.96. The summed E-state index contributed by atoms with van der Waals surface area (Å²) < 4.78 is 5.76. The highest BCUT2D eigenvalue weighted by Gasteiger charge is 2.09. The predicted molar refractivity (Wildman–Crippen MR) is 107 cm³/mol. The maximum Gasteiger partial charge on any atom is 0.156 e. The molecular formula is C18H15Cl4NO3. The summed E-state index contributed by atoms with van der Waals surface area (Å²) in [6, 6.07) is 10.5. The van der Waals surface area contributed by atoms with E-state index in [1.165, 1.54) is 18.2 Å². The first kappa shape index (κ1) is 20.7. The Morgan fingerprint density at radius 1 is 1.08 bits per heavy atom. The second kappa shape index (κ2) is 10.5. The second-order valence-corrected chi connectivity index (χ2v) is 6.92. The van der Waals surface area contributed by atoms with E-state index in [4.69, 9.17) is 56.0 Å². The summed E-state index contributed by atoms with van der Waals surface area (Å²) in [5.74, 6) is 0.355. The maximum atomic E-state index is 9.40. The van der Waals surface area contributed by atoms with Crippen molar-refractivity contribution in [2.24, 2.45) is 5.16 Å². The number of halogens is 4. The lowest BCUT2D eigenvalue weighted by molar-refractivity contribution is 0.176. The molecule has 8 heteroatoms. The average Bonchev–Trinajstić information content (AvgIpc) is 2.58. The second-order valence-electron chi connectivity index (χ2n) is 5.10. The van der Waals surface area contributed by atoms with Gasteiger partial charge in [0.2, 0.25) is 0 Å². The molecule has 2 aromatic carbocycles. The van der Waals surface area contributed by atoms with E-state index < -0.39 is 0 Å². The van der Waals surface area contributed by atoms with E-state index >= 15 is 0 Å². The molecule has 1 N–H and O–H groups in total. The van der Waals surface area contributed by atoms with Gasteiger partial charge in [-0.15, -0.1) is 0 Å². The van der Waals surface area contributed by atoms with Gasteiger partial charge in [0.15, 0.2) is 5.75 Å². The highest BCUT2D eigenvalue weighted by Crippen LogP contribution is 2.36. The minimum absolute atomic E-state index is 0.00430. The predicted octanol–water partition coefficient (Wildman–Crippen LogP) is 5.99. The molecule has 0 amide bonds.